The van der Waals surface area contributed by atoms with Crippen LogP contribution in [0, 0.1) is 0 Å². The molecular weight excluding hydrogens is 342 g/mol. The van der Waals surface area contributed by atoms with Crippen LogP contribution in [-0.4, -0.2) is 4.98 Å². The molecule has 28 heavy (non-hydrogen) atoms. The van der Waals surface area contributed by atoms with Crippen LogP contribution in [0.25, 0.3) is 16.7 Å². The zero-order valence-corrected chi connectivity index (χ0v) is 15.6. The molecule has 0 spiro atoms. The van der Waals surface area contributed by atoms with E-state index in [4.69, 9.17) is 4.74 Å². The zero-order valence-electron chi connectivity index (χ0n) is 15.6. The van der Waals surface area contributed by atoms with E-state index in [1.54, 1.807) is 6.20 Å². The van der Waals surface area contributed by atoms with Crippen LogP contribution in [0.3, 0.4) is 0 Å². The Balaban J connectivity index is 1.78. The second kappa shape index (κ2) is 8.36. The van der Waals surface area contributed by atoms with E-state index in [9.17, 15) is 0 Å². The van der Waals surface area contributed by atoms with Crippen molar-refractivity contribution in [1.82, 2.24) is 4.98 Å². The number of benzene rings is 3. The number of aromatic nitrogens is 1. The first kappa shape index (κ1) is 17.7. The van der Waals surface area contributed by atoms with E-state index in [1.165, 1.54) is 0 Å². The summed E-state index contributed by atoms with van der Waals surface area (Å²) >= 11 is 0. The lowest BCUT2D eigenvalue weighted by Gasteiger charge is -2.18. The fraction of sp³-hybridized carbons (Fsp3) is 0.0385. The van der Waals surface area contributed by atoms with Gasteiger partial charge in [-0.1, -0.05) is 91.5 Å². The van der Waals surface area contributed by atoms with Gasteiger partial charge in [0.05, 0.1) is 5.69 Å². The lowest BCUT2D eigenvalue weighted by Crippen LogP contribution is -2.01. The monoisotopic (exact) mass is 363 g/mol. The Morgan fingerprint density at radius 3 is 2.18 bits per heavy atom. The van der Waals surface area contributed by atoms with Gasteiger partial charge in [0.25, 0.3) is 0 Å². The molecular formula is C26H21NO. The average Bonchev–Trinajstić information content (AvgIpc) is 2.79. The highest BCUT2D eigenvalue weighted by Crippen LogP contribution is 2.38. The van der Waals surface area contributed by atoms with Crippen LogP contribution >= 0.6 is 0 Å². The van der Waals surface area contributed by atoms with Gasteiger partial charge >= 0.3 is 0 Å². The van der Waals surface area contributed by atoms with Crippen LogP contribution in [0.5, 0.6) is 5.75 Å². The molecule has 4 aromatic rings. The fourth-order valence-corrected chi connectivity index (χ4v) is 3.18. The van der Waals surface area contributed by atoms with E-state index in [1.807, 2.05) is 66.7 Å². The summed E-state index contributed by atoms with van der Waals surface area (Å²) in [5.74, 6) is 0.827. The van der Waals surface area contributed by atoms with Crippen molar-refractivity contribution in [3.63, 3.8) is 0 Å². The summed E-state index contributed by atoms with van der Waals surface area (Å²) in [7, 11) is 0. The third kappa shape index (κ3) is 3.86. The maximum atomic E-state index is 6.36. The molecule has 0 atom stereocenters. The molecule has 0 N–H and O–H groups in total. The van der Waals surface area contributed by atoms with E-state index in [0.717, 1.165) is 39.3 Å². The number of pyridine rings is 1. The van der Waals surface area contributed by atoms with Gasteiger partial charge in [-0.25, -0.2) is 0 Å². The molecule has 0 amide bonds. The molecule has 2 heteroatoms. The van der Waals surface area contributed by atoms with Crippen molar-refractivity contribution in [2.75, 3.05) is 0 Å². The molecule has 3 aromatic carbocycles. The largest absolute Gasteiger partial charge is 0.488 e. The van der Waals surface area contributed by atoms with Crippen LogP contribution in [0.15, 0.2) is 110 Å². The highest BCUT2D eigenvalue weighted by molar-refractivity contribution is 5.85. The van der Waals surface area contributed by atoms with Crippen LogP contribution < -0.4 is 4.74 Å². The Hall–Kier alpha value is -3.65. The minimum absolute atomic E-state index is 0.493. The molecule has 0 bridgehead atoms. The van der Waals surface area contributed by atoms with Gasteiger partial charge in [0, 0.05) is 22.9 Å². The van der Waals surface area contributed by atoms with Gasteiger partial charge in [-0.15, -0.1) is 0 Å². The van der Waals surface area contributed by atoms with Crippen LogP contribution in [0.4, 0.5) is 0 Å². The Morgan fingerprint density at radius 2 is 1.46 bits per heavy atom. The van der Waals surface area contributed by atoms with Gasteiger partial charge in [-0.05, 0) is 23.3 Å². The molecule has 1 heterocycles. The summed E-state index contributed by atoms with van der Waals surface area (Å²) in [6.45, 7) is 4.80. The van der Waals surface area contributed by atoms with Crippen molar-refractivity contribution in [2.24, 2.45) is 0 Å². The first-order valence-corrected chi connectivity index (χ1v) is 9.29. The molecule has 0 saturated carbocycles. The van der Waals surface area contributed by atoms with Gasteiger partial charge in [0.1, 0.15) is 12.4 Å². The van der Waals surface area contributed by atoms with Crippen LogP contribution in [0.1, 0.15) is 16.8 Å². The summed E-state index contributed by atoms with van der Waals surface area (Å²) in [4.78, 5) is 4.46. The second-order valence-electron chi connectivity index (χ2n) is 6.52. The van der Waals surface area contributed by atoms with Crippen molar-refractivity contribution in [3.8, 4) is 16.9 Å². The molecule has 0 radical (unpaired) electrons. The van der Waals surface area contributed by atoms with Gasteiger partial charge in [0.2, 0.25) is 0 Å². The van der Waals surface area contributed by atoms with E-state index in [2.05, 4.69) is 41.9 Å². The minimum atomic E-state index is 0.493. The Labute approximate surface area is 165 Å². The third-order valence-electron chi connectivity index (χ3n) is 4.63. The predicted octanol–water partition coefficient (Wildman–Crippen LogP) is 6.39. The number of rotatable bonds is 6. The number of hydrogen-bond donors (Lipinski definition) is 0. The number of hydrogen-bond acceptors (Lipinski definition) is 2. The average molecular weight is 363 g/mol. The van der Waals surface area contributed by atoms with Crippen molar-refractivity contribution in [2.45, 2.75) is 6.61 Å². The van der Waals surface area contributed by atoms with Gasteiger partial charge in [0.15, 0.2) is 0 Å². The summed E-state index contributed by atoms with van der Waals surface area (Å²) in [6.07, 6.45) is 1.78. The van der Waals surface area contributed by atoms with Crippen LogP contribution in [0.2, 0.25) is 0 Å². The second-order valence-corrected chi connectivity index (χ2v) is 6.52. The van der Waals surface area contributed by atoms with Gasteiger partial charge in [-0.2, -0.15) is 0 Å². The topological polar surface area (TPSA) is 22.1 Å². The zero-order chi connectivity index (χ0) is 19.2. The standard InChI is InChI=1S/C26H21NO/c1-20(25-17-8-9-18-27-25)23-15-10-16-24(22-13-6-3-7-14-22)26(23)28-19-21-11-4-2-5-12-21/h2-18H,1,19H2. The Morgan fingerprint density at radius 1 is 0.750 bits per heavy atom. The fourth-order valence-electron chi connectivity index (χ4n) is 3.18. The summed E-state index contributed by atoms with van der Waals surface area (Å²) < 4.78 is 6.36. The molecule has 0 unspecified atom stereocenters. The molecule has 2 nitrogen and oxygen atoms in total. The minimum Gasteiger partial charge on any atom is -0.488 e. The van der Waals surface area contributed by atoms with Crippen molar-refractivity contribution < 1.29 is 4.74 Å². The van der Waals surface area contributed by atoms with Crippen molar-refractivity contribution in [3.05, 3.63) is 127 Å². The molecule has 1 aromatic heterocycles. The molecule has 136 valence electrons. The number of para-hydroxylation sites is 1. The summed E-state index contributed by atoms with van der Waals surface area (Å²) in [5.41, 5.74) is 5.93. The maximum absolute atomic E-state index is 6.36. The lowest BCUT2D eigenvalue weighted by atomic mass is 9.96. The molecule has 0 aliphatic rings. The van der Waals surface area contributed by atoms with Gasteiger partial charge in [-0.3, -0.25) is 4.98 Å². The normalized spacial score (nSPS) is 10.4. The predicted molar refractivity (Wildman–Crippen MR) is 115 cm³/mol. The van der Waals surface area contributed by atoms with Gasteiger partial charge < -0.3 is 4.74 Å². The quantitative estimate of drug-likeness (QED) is 0.396. The van der Waals surface area contributed by atoms with Crippen LogP contribution in [-0.2, 0) is 6.61 Å². The summed E-state index contributed by atoms with van der Waals surface area (Å²) in [6, 6.07) is 32.5. The van der Waals surface area contributed by atoms with E-state index in [-0.39, 0.29) is 0 Å². The molecule has 4 rings (SSSR count). The SMILES string of the molecule is C=C(c1ccccn1)c1cccc(-c2ccccc2)c1OCc1ccccc1. The molecule has 0 aliphatic carbocycles. The Kier molecular flexibility index (Phi) is 5.30. The van der Waals surface area contributed by atoms with E-state index in [0.29, 0.717) is 6.61 Å². The van der Waals surface area contributed by atoms with E-state index >= 15 is 0 Å². The number of nitrogens with zero attached hydrogens (tertiary/aromatic N) is 1. The summed E-state index contributed by atoms with van der Waals surface area (Å²) in [5, 5.41) is 0. The van der Waals surface area contributed by atoms with E-state index < -0.39 is 0 Å². The van der Waals surface area contributed by atoms with Crippen molar-refractivity contribution in [1.29, 1.82) is 0 Å². The third-order valence-corrected chi connectivity index (χ3v) is 4.63. The van der Waals surface area contributed by atoms with Crippen molar-refractivity contribution >= 4 is 5.57 Å². The Bertz CT molecular complexity index is 1060. The lowest BCUT2D eigenvalue weighted by molar-refractivity contribution is 0.306. The highest BCUT2D eigenvalue weighted by Gasteiger charge is 2.15. The molecule has 0 fully saturated rings. The molecule has 0 aliphatic heterocycles. The highest BCUT2D eigenvalue weighted by atomic mass is 16.5. The smallest absolute Gasteiger partial charge is 0.135 e. The molecule has 0 saturated heterocycles. The maximum Gasteiger partial charge on any atom is 0.135 e. The number of ether oxygens (including phenoxy) is 1. The first-order chi connectivity index (χ1) is 13.8. The first-order valence-electron chi connectivity index (χ1n) is 9.29.